The Morgan fingerprint density at radius 2 is 1.96 bits per heavy atom. The van der Waals surface area contributed by atoms with E-state index in [0.29, 0.717) is 10.9 Å². The SMILES string of the molecule is CN(C)CC[C@H](NC(=O)CCn1nnc2ccccc2c1=O)C(C)(C)C. The molecule has 0 unspecified atom stereocenters. The number of rotatable bonds is 7. The van der Waals surface area contributed by atoms with Crippen molar-refractivity contribution in [2.24, 2.45) is 5.41 Å². The highest BCUT2D eigenvalue weighted by atomic mass is 16.2. The number of carbonyl (C=O) groups excluding carboxylic acids is 1. The fourth-order valence-corrected chi connectivity index (χ4v) is 2.75. The summed E-state index contributed by atoms with van der Waals surface area (Å²) in [6.45, 7) is 7.47. The molecule has 1 N–H and O–H groups in total. The number of benzene rings is 1. The zero-order chi connectivity index (χ0) is 19.3. The van der Waals surface area contributed by atoms with E-state index < -0.39 is 0 Å². The number of hydrogen-bond donors (Lipinski definition) is 1. The van der Waals surface area contributed by atoms with E-state index in [1.54, 1.807) is 18.2 Å². The first-order valence-corrected chi connectivity index (χ1v) is 8.95. The van der Waals surface area contributed by atoms with Gasteiger partial charge in [0.2, 0.25) is 5.91 Å². The monoisotopic (exact) mass is 359 g/mol. The average Bonchev–Trinajstić information content (AvgIpc) is 2.57. The van der Waals surface area contributed by atoms with Crippen molar-refractivity contribution in [2.45, 2.75) is 46.2 Å². The van der Waals surface area contributed by atoms with Crippen LogP contribution in [0, 0.1) is 5.41 Å². The van der Waals surface area contributed by atoms with Crippen molar-refractivity contribution in [1.82, 2.24) is 25.2 Å². The highest BCUT2D eigenvalue weighted by molar-refractivity contribution is 5.77. The van der Waals surface area contributed by atoms with Gasteiger partial charge < -0.3 is 10.2 Å². The maximum Gasteiger partial charge on any atom is 0.277 e. The molecule has 0 saturated heterocycles. The molecule has 2 aromatic rings. The third-order valence-electron chi connectivity index (χ3n) is 4.43. The van der Waals surface area contributed by atoms with Gasteiger partial charge in [-0.15, -0.1) is 5.10 Å². The van der Waals surface area contributed by atoms with Crippen molar-refractivity contribution in [3.8, 4) is 0 Å². The number of hydrogen-bond acceptors (Lipinski definition) is 5. The Bertz CT molecular complexity index is 807. The Hall–Kier alpha value is -2.28. The number of fused-ring (bicyclic) bond motifs is 1. The molecule has 0 fully saturated rings. The molecule has 1 atom stereocenters. The van der Waals surface area contributed by atoms with Crippen LogP contribution in [0.1, 0.15) is 33.6 Å². The van der Waals surface area contributed by atoms with Gasteiger partial charge >= 0.3 is 0 Å². The molecule has 0 radical (unpaired) electrons. The highest BCUT2D eigenvalue weighted by Gasteiger charge is 2.26. The zero-order valence-electron chi connectivity index (χ0n) is 16.3. The fraction of sp³-hybridized carbons (Fsp3) is 0.579. The van der Waals surface area contributed by atoms with Crippen LogP contribution in [0.3, 0.4) is 0 Å². The van der Waals surface area contributed by atoms with E-state index in [4.69, 9.17) is 0 Å². The van der Waals surface area contributed by atoms with E-state index in [0.717, 1.165) is 13.0 Å². The minimum atomic E-state index is -0.219. The van der Waals surface area contributed by atoms with Gasteiger partial charge in [-0.2, -0.15) is 0 Å². The molecule has 1 aromatic carbocycles. The number of amides is 1. The smallest absolute Gasteiger partial charge is 0.277 e. The molecule has 0 spiro atoms. The average molecular weight is 359 g/mol. The van der Waals surface area contributed by atoms with E-state index in [1.807, 2.05) is 20.2 Å². The maximum atomic E-state index is 12.4. The summed E-state index contributed by atoms with van der Waals surface area (Å²) in [5.74, 6) is -0.0782. The number of nitrogens with zero attached hydrogens (tertiary/aromatic N) is 4. The van der Waals surface area contributed by atoms with Gasteiger partial charge in [-0.1, -0.05) is 38.1 Å². The molecule has 2 rings (SSSR count). The van der Waals surface area contributed by atoms with Crippen LogP contribution < -0.4 is 10.9 Å². The van der Waals surface area contributed by atoms with Crippen LogP contribution in [0.4, 0.5) is 0 Å². The lowest BCUT2D eigenvalue weighted by atomic mass is 9.84. The minimum Gasteiger partial charge on any atom is -0.353 e. The molecule has 1 aromatic heterocycles. The summed E-state index contributed by atoms with van der Waals surface area (Å²) in [4.78, 5) is 26.9. The minimum absolute atomic E-state index is 0.0364. The van der Waals surface area contributed by atoms with Crippen LogP contribution in [0.25, 0.3) is 10.9 Å². The molecule has 1 heterocycles. The second-order valence-electron chi connectivity index (χ2n) is 7.96. The first kappa shape index (κ1) is 20.0. The lowest BCUT2D eigenvalue weighted by molar-refractivity contribution is -0.122. The van der Waals surface area contributed by atoms with Gasteiger partial charge in [0.05, 0.1) is 11.9 Å². The summed E-state index contributed by atoms with van der Waals surface area (Å²) in [5.41, 5.74) is 0.309. The van der Waals surface area contributed by atoms with Crippen LogP contribution in [0.5, 0.6) is 0 Å². The van der Waals surface area contributed by atoms with Crippen molar-refractivity contribution in [1.29, 1.82) is 0 Å². The lowest BCUT2D eigenvalue weighted by Gasteiger charge is -2.32. The van der Waals surface area contributed by atoms with E-state index in [2.05, 4.69) is 41.3 Å². The molecule has 0 bridgehead atoms. The number of carbonyl (C=O) groups is 1. The summed E-state index contributed by atoms with van der Waals surface area (Å²) >= 11 is 0. The second kappa shape index (κ2) is 8.40. The zero-order valence-corrected chi connectivity index (χ0v) is 16.3. The predicted molar refractivity (Wildman–Crippen MR) is 103 cm³/mol. The van der Waals surface area contributed by atoms with E-state index in [-0.39, 0.29) is 35.9 Å². The molecule has 142 valence electrons. The van der Waals surface area contributed by atoms with Gasteiger partial charge in [-0.05, 0) is 44.6 Å². The molecule has 0 aliphatic rings. The van der Waals surface area contributed by atoms with Gasteiger partial charge in [0.15, 0.2) is 0 Å². The van der Waals surface area contributed by atoms with E-state index in [1.165, 1.54) is 4.68 Å². The Labute approximate surface area is 154 Å². The number of nitrogens with one attached hydrogen (secondary N) is 1. The van der Waals surface area contributed by atoms with E-state index >= 15 is 0 Å². The van der Waals surface area contributed by atoms with Crippen LogP contribution in [-0.2, 0) is 11.3 Å². The third-order valence-corrected chi connectivity index (χ3v) is 4.43. The van der Waals surface area contributed by atoms with Crippen LogP contribution in [0.2, 0.25) is 0 Å². The second-order valence-corrected chi connectivity index (χ2v) is 7.96. The molecule has 0 aliphatic carbocycles. The van der Waals surface area contributed by atoms with Crippen molar-refractivity contribution >= 4 is 16.8 Å². The quantitative estimate of drug-likeness (QED) is 0.813. The van der Waals surface area contributed by atoms with Crippen molar-refractivity contribution in [3.63, 3.8) is 0 Å². The van der Waals surface area contributed by atoms with Gasteiger partial charge in [-0.3, -0.25) is 9.59 Å². The molecule has 0 saturated carbocycles. The number of aromatic nitrogens is 3. The Morgan fingerprint density at radius 1 is 1.27 bits per heavy atom. The molecule has 7 heteroatoms. The fourth-order valence-electron chi connectivity index (χ4n) is 2.75. The first-order chi connectivity index (χ1) is 12.2. The molecule has 1 amide bonds. The topological polar surface area (TPSA) is 80.1 Å². The Kier molecular flexibility index (Phi) is 6.47. The summed E-state index contributed by atoms with van der Waals surface area (Å²) in [6, 6.07) is 7.14. The molecule has 0 aliphatic heterocycles. The first-order valence-electron chi connectivity index (χ1n) is 8.95. The largest absolute Gasteiger partial charge is 0.353 e. The summed E-state index contributed by atoms with van der Waals surface area (Å²) in [7, 11) is 4.04. The van der Waals surface area contributed by atoms with Gasteiger partial charge in [-0.25, -0.2) is 4.68 Å². The standard InChI is InChI=1S/C19H29N5O2/c1-19(2,3)16(10-12-23(4)5)20-17(25)11-13-24-18(26)14-8-6-7-9-15(14)21-22-24/h6-9,16H,10-13H2,1-5H3,(H,20,25)/t16-/m0/s1. The highest BCUT2D eigenvalue weighted by Crippen LogP contribution is 2.22. The maximum absolute atomic E-state index is 12.4. The molecular formula is C19H29N5O2. The van der Waals surface area contributed by atoms with Gasteiger partial charge in [0.1, 0.15) is 5.52 Å². The van der Waals surface area contributed by atoms with Crippen molar-refractivity contribution < 1.29 is 4.79 Å². The molecule has 7 nitrogen and oxygen atoms in total. The van der Waals surface area contributed by atoms with Crippen LogP contribution >= 0.6 is 0 Å². The van der Waals surface area contributed by atoms with Crippen LogP contribution in [-0.4, -0.2) is 52.5 Å². The van der Waals surface area contributed by atoms with E-state index in [9.17, 15) is 9.59 Å². The van der Waals surface area contributed by atoms with Crippen molar-refractivity contribution in [2.75, 3.05) is 20.6 Å². The molecular weight excluding hydrogens is 330 g/mol. The normalized spacial score (nSPS) is 13.2. The van der Waals surface area contributed by atoms with Crippen LogP contribution in [0.15, 0.2) is 29.1 Å². The summed E-state index contributed by atoms with van der Waals surface area (Å²) in [6.07, 6.45) is 1.07. The number of aryl methyl sites for hydroxylation is 1. The Balaban J connectivity index is 2.01. The Morgan fingerprint density at radius 3 is 2.62 bits per heavy atom. The summed E-state index contributed by atoms with van der Waals surface area (Å²) < 4.78 is 1.26. The third kappa shape index (κ3) is 5.36. The molecule has 26 heavy (non-hydrogen) atoms. The summed E-state index contributed by atoms with van der Waals surface area (Å²) in [5, 5.41) is 11.6. The predicted octanol–water partition coefficient (Wildman–Crippen LogP) is 1.66. The lowest BCUT2D eigenvalue weighted by Crippen LogP contribution is -2.45. The van der Waals surface area contributed by atoms with Gasteiger partial charge in [0, 0.05) is 12.5 Å². The van der Waals surface area contributed by atoms with Gasteiger partial charge in [0.25, 0.3) is 5.56 Å². The van der Waals surface area contributed by atoms with Crippen molar-refractivity contribution in [3.05, 3.63) is 34.6 Å².